The summed E-state index contributed by atoms with van der Waals surface area (Å²) in [5.74, 6) is -8.31. The first-order valence-electron chi connectivity index (χ1n) is 33.3. The van der Waals surface area contributed by atoms with Gasteiger partial charge < -0.3 is 74.5 Å². The van der Waals surface area contributed by atoms with E-state index >= 15 is 19.2 Å². The standard InChI is InChI=1S/C68H115N11O15/c1-26-48-64(86)73(17)35-53(80)74(18)49(27-36(2)3)61(83)72-55(40(10)11)67(89)75(19)50(28-37(4)5)60(82)69-43(15)59(81)70-44(16)63(85)76(20)51(29-38(6)7)65(87)77(21)52(30-39(8)9)66(88)78(22)56(41(12)13)68(90)79(23)57(62(84)71-48)58-42(14)31-54(94-58)93-47-33-45(91-24)32-46(34-47)92-25/h32-34,36-44,48-52,54-58H,26-31,35H2,1-25H3,(H,69,82)(H,70,81)(H,71,84)(H,72,83)/t42-,43+,44-,48+,49+,50+,51+,52+,54-,55+,56+,57+,58-/m1/s1. The number of nitrogens with one attached hydrogen (secondary N) is 4. The highest BCUT2D eigenvalue weighted by molar-refractivity contribution is 5.99. The van der Waals surface area contributed by atoms with Gasteiger partial charge in [0.25, 0.3) is 0 Å². The van der Waals surface area contributed by atoms with E-state index in [0.29, 0.717) is 17.2 Å². The van der Waals surface area contributed by atoms with E-state index in [1.807, 2.05) is 62.3 Å². The SMILES string of the molecule is CC[C@@H]1NC(=O)[C@H]([C@@H]2O[C@@H](Oc3cc(OC)cc(OC)c3)C[C@H]2C)N(C)C(=O)[C@H](C(C)C)N(C)C(=O)[C@H](CC(C)C)N(C)C(=O)[C@H](CC(C)C)N(C)C(=O)[C@@H](C)NC(=O)[C@H](C)NC(=O)[C@H](CC(C)C)N(C)C(=O)[C@H](C(C)C)NC(=O)[C@H](CC(C)C)N(C)C(=O)CN(C)C1=O. The summed E-state index contributed by atoms with van der Waals surface area (Å²) in [5, 5.41) is 11.1. The van der Waals surface area contributed by atoms with Crippen LogP contribution in [0.1, 0.15) is 149 Å². The molecule has 2 aliphatic rings. The van der Waals surface area contributed by atoms with Gasteiger partial charge in [0, 0.05) is 74.0 Å². The van der Waals surface area contributed by atoms with Crippen LogP contribution < -0.4 is 35.5 Å². The summed E-state index contributed by atoms with van der Waals surface area (Å²) in [5.41, 5.74) is 0. The van der Waals surface area contributed by atoms with Gasteiger partial charge >= 0.3 is 0 Å². The third-order valence-electron chi connectivity index (χ3n) is 17.8. The van der Waals surface area contributed by atoms with Crippen molar-refractivity contribution in [3.8, 4) is 17.2 Å². The smallest absolute Gasteiger partial charge is 0.246 e. The van der Waals surface area contributed by atoms with Crippen LogP contribution in [0.4, 0.5) is 0 Å². The molecule has 94 heavy (non-hydrogen) atoms. The number of benzene rings is 1. The van der Waals surface area contributed by atoms with Gasteiger partial charge in [0.1, 0.15) is 77.7 Å². The number of amides is 11. The Balaban J connectivity index is 2.33. The van der Waals surface area contributed by atoms with Gasteiger partial charge in [0.15, 0.2) is 0 Å². The van der Waals surface area contributed by atoms with Gasteiger partial charge in [0.05, 0.1) is 26.9 Å². The second kappa shape index (κ2) is 36.0. The van der Waals surface area contributed by atoms with Gasteiger partial charge in [-0.25, -0.2) is 0 Å². The summed E-state index contributed by atoms with van der Waals surface area (Å²) in [6, 6.07) is -7.34. The molecule has 3 rings (SSSR count). The van der Waals surface area contributed by atoms with Crippen LogP contribution in [0.5, 0.6) is 17.2 Å². The summed E-state index contributed by atoms with van der Waals surface area (Å²) in [7, 11) is 13.0. The summed E-state index contributed by atoms with van der Waals surface area (Å²) < 4.78 is 23.9. The van der Waals surface area contributed by atoms with Gasteiger partial charge in [0.2, 0.25) is 71.3 Å². The normalized spacial score (nSPS) is 27.8. The second-order valence-corrected chi connectivity index (χ2v) is 28.2. The Morgan fingerprint density at radius 3 is 1.37 bits per heavy atom. The molecule has 13 atom stereocenters. The fourth-order valence-electron chi connectivity index (χ4n) is 12.1. The van der Waals surface area contributed by atoms with E-state index < -0.39 is 162 Å². The summed E-state index contributed by atoms with van der Waals surface area (Å²) >= 11 is 0. The number of likely N-dealkylation sites (N-methyl/N-ethyl adjacent to an activating group) is 7. The summed E-state index contributed by atoms with van der Waals surface area (Å²) in [6.45, 7) is 27.8. The lowest BCUT2D eigenvalue weighted by Crippen LogP contribution is -2.63. The monoisotopic (exact) mass is 1330 g/mol. The number of methoxy groups -OCH3 is 2. The highest BCUT2D eigenvalue weighted by Gasteiger charge is 2.49. The Morgan fingerprint density at radius 2 is 0.904 bits per heavy atom. The van der Waals surface area contributed by atoms with Crippen LogP contribution in [0.2, 0.25) is 0 Å². The predicted octanol–water partition coefficient (Wildman–Crippen LogP) is 4.15. The summed E-state index contributed by atoms with van der Waals surface area (Å²) in [4.78, 5) is 171. The lowest BCUT2D eigenvalue weighted by atomic mass is 9.93. The molecule has 4 N–H and O–H groups in total. The maximum Gasteiger partial charge on any atom is 0.246 e. The minimum atomic E-state index is -1.48. The lowest BCUT2D eigenvalue weighted by Gasteiger charge is -2.41. The van der Waals surface area contributed by atoms with Crippen LogP contribution in [-0.4, -0.2) is 242 Å². The first-order chi connectivity index (χ1) is 43.6. The molecule has 1 aromatic carbocycles. The Labute approximate surface area is 559 Å². The molecule has 0 aliphatic carbocycles. The quantitative estimate of drug-likeness (QED) is 0.181. The molecule has 0 spiro atoms. The van der Waals surface area contributed by atoms with Crippen molar-refractivity contribution in [1.82, 2.24) is 55.6 Å². The molecular formula is C68H115N11O15. The van der Waals surface area contributed by atoms with E-state index in [9.17, 15) is 33.6 Å². The van der Waals surface area contributed by atoms with Crippen molar-refractivity contribution in [2.45, 2.75) is 222 Å². The molecule has 26 nitrogen and oxygen atoms in total. The van der Waals surface area contributed by atoms with Crippen molar-refractivity contribution in [3.05, 3.63) is 18.2 Å². The van der Waals surface area contributed by atoms with Gasteiger partial charge in [-0.3, -0.25) is 52.7 Å². The van der Waals surface area contributed by atoms with Crippen molar-refractivity contribution < 1.29 is 71.7 Å². The van der Waals surface area contributed by atoms with E-state index in [-0.39, 0.29) is 62.2 Å². The molecule has 11 amide bonds. The Kier molecular flexibility index (Phi) is 31.0. The van der Waals surface area contributed by atoms with E-state index in [4.69, 9.17) is 18.9 Å². The fourth-order valence-corrected chi connectivity index (χ4v) is 12.1. The van der Waals surface area contributed by atoms with Crippen LogP contribution in [0.25, 0.3) is 0 Å². The topological polar surface area (TPSA) is 295 Å². The van der Waals surface area contributed by atoms with Gasteiger partial charge in [-0.15, -0.1) is 0 Å². The van der Waals surface area contributed by atoms with Crippen molar-refractivity contribution in [2.24, 2.45) is 41.4 Å². The first-order valence-corrected chi connectivity index (χ1v) is 33.3. The highest BCUT2D eigenvalue weighted by atomic mass is 16.7. The Hall–Kier alpha value is -7.25. The molecule has 1 aromatic rings. The Morgan fingerprint density at radius 1 is 0.468 bits per heavy atom. The summed E-state index contributed by atoms with van der Waals surface area (Å²) in [6.07, 6.45) is -1.20. The second-order valence-electron chi connectivity index (χ2n) is 28.2. The first kappa shape index (κ1) is 81.0. The van der Waals surface area contributed by atoms with Crippen molar-refractivity contribution >= 4 is 65.0 Å². The number of carbonyl (C=O) groups excluding carboxylic acids is 11. The van der Waals surface area contributed by atoms with Crippen LogP contribution in [0.15, 0.2) is 18.2 Å². The largest absolute Gasteiger partial charge is 0.496 e. The molecule has 0 bridgehead atoms. The minimum Gasteiger partial charge on any atom is -0.496 e. The highest BCUT2D eigenvalue weighted by Crippen LogP contribution is 2.36. The van der Waals surface area contributed by atoms with Crippen LogP contribution in [-0.2, 0) is 57.5 Å². The molecule has 0 radical (unpaired) electrons. The zero-order valence-corrected chi connectivity index (χ0v) is 60.9. The van der Waals surface area contributed by atoms with Crippen molar-refractivity contribution in [3.63, 3.8) is 0 Å². The molecule has 26 heteroatoms. The van der Waals surface area contributed by atoms with Gasteiger partial charge in [-0.1, -0.05) is 96.9 Å². The number of carbonyl (C=O) groups is 11. The molecule has 2 aliphatic heterocycles. The van der Waals surface area contributed by atoms with E-state index in [2.05, 4.69) is 21.3 Å². The number of nitrogens with zero attached hydrogens (tertiary/aromatic N) is 7. The zero-order valence-electron chi connectivity index (χ0n) is 60.9. The average molecular weight is 1330 g/mol. The molecule has 2 heterocycles. The molecule has 2 saturated heterocycles. The van der Waals surface area contributed by atoms with Gasteiger partial charge in [-0.05, 0) is 87.4 Å². The third-order valence-corrected chi connectivity index (χ3v) is 17.8. The van der Waals surface area contributed by atoms with Crippen LogP contribution in [0, 0.1) is 41.4 Å². The molecule has 0 aromatic heterocycles. The van der Waals surface area contributed by atoms with E-state index in [0.717, 1.165) is 4.90 Å². The average Bonchev–Trinajstić information content (AvgIpc) is 1.66. The lowest BCUT2D eigenvalue weighted by molar-refractivity contribution is -0.160. The third kappa shape index (κ3) is 21.4. The molecule has 0 saturated carbocycles. The maximum absolute atomic E-state index is 15.6. The maximum atomic E-state index is 15.6. The zero-order chi connectivity index (χ0) is 71.8. The number of hydrogen-bond acceptors (Lipinski definition) is 15. The van der Waals surface area contributed by atoms with Crippen molar-refractivity contribution in [2.75, 3.05) is 70.1 Å². The van der Waals surface area contributed by atoms with E-state index in [1.54, 1.807) is 52.8 Å². The minimum absolute atomic E-state index is 0.0231. The number of rotatable bonds is 16. The predicted molar refractivity (Wildman–Crippen MR) is 356 cm³/mol. The molecular weight excluding hydrogens is 1210 g/mol. The van der Waals surface area contributed by atoms with Crippen LogP contribution >= 0.6 is 0 Å². The fraction of sp³-hybridized carbons (Fsp3) is 0.750. The molecule has 0 unspecified atom stereocenters. The van der Waals surface area contributed by atoms with Gasteiger partial charge in [-0.2, -0.15) is 0 Å². The Bertz CT molecular complexity index is 2770. The number of ether oxygens (including phenoxy) is 4. The molecule has 532 valence electrons. The van der Waals surface area contributed by atoms with Crippen LogP contribution in [0.3, 0.4) is 0 Å². The number of hydrogen-bond donors (Lipinski definition) is 4. The van der Waals surface area contributed by atoms with E-state index in [1.165, 1.54) is 107 Å². The van der Waals surface area contributed by atoms with Crippen molar-refractivity contribution in [1.29, 1.82) is 0 Å². The molecule has 2 fully saturated rings.